The summed E-state index contributed by atoms with van der Waals surface area (Å²) in [5, 5.41) is 0. The van der Waals surface area contributed by atoms with E-state index < -0.39 is 12.1 Å². The third-order valence-corrected chi connectivity index (χ3v) is 2.80. The standard InChI is InChI=1S/C13H12N4O2/c1-9-8-11(4-7-17(9)13(15)19)10-2-5-16(6-3-10)12(14)18/h2-8H,1H3,(H2-2,14,15,18,19)/p+2. The number of nitrogens with two attached hydrogens (primary N) is 2. The number of nitrogens with zero attached hydrogens (tertiary/aromatic N) is 2. The Bertz CT molecular complexity index is 650. The maximum Gasteiger partial charge on any atom is 0.493 e. The van der Waals surface area contributed by atoms with Crippen molar-refractivity contribution in [3.63, 3.8) is 0 Å². The first kappa shape index (κ1) is 12.7. The number of hydrogen-bond donors (Lipinski definition) is 2. The summed E-state index contributed by atoms with van der Waals surface area (Å²) in [5.41, 5.74) is 12.9. The number of carbonyl (C=O) groups excluding carboxylic acids is 2. The van der Waals surface area contributed by atoms with E-state index in [1.54, 1.807) is 43.7 Å². The molecule has 0 unspecified atom stereocenters. The Morgan fingerprint density at radius 1 is 0.947 bits per heavy atom. The van der Waals surface area contributed by atoms with Crippen molar-refractivity contribution in [3.05, 3.63) is 48.5 Å². The van der Waals surface area contributed by atoms with Crippen LogP contribution in [0, 0.1) is 6.92 Å². The molecule has 19 heavy (non-hydrogen) atoms. The molecule has 0 aliphatic heterocycles. The molecule has 2 rings (SSSR count). The SMILES string of the molecule is Cc1cc(-c2cc[n+](C(N)=O)cc2)cc[n+]1C(N)=O. The van der Waals surface area contributed by atoms with Crippen LogP contribution >= 0.6 is 0 Å². The minimum Gasteiger partial charge on any atom is -0.250 e. The zero-order valence-electron chi connectivity index (χ0n) is 10.4. The molecule has 0 saturated heterocycles. The molecule has 6 nitrogen and oxygen atoms in total. The predicted octanol–water partition coefficient (Wildman–Crippen LogP) is 0.0906. The zero-order chi connectivity index (χ0) is 14.0. The van der Waals surface area contributed by atoms with Crippen LogP contribution in [-0.2, 0) is 0 Å². The molecular weight excluding hydrogens is 244 g/mol. The maximum absolute atomic E-state index is 11.1. The van der Waals surface area contributed by atoms with Crippen LogP contribution in [0.3, 0.4) is 0 Å². The molecule has 2 aromatic heterocycles. The van der Waals surface area contributed by atoms with Gasteiger partial charge in [0.2, 0.25) is 0 Å². The average Bonchev–Trinajstić information content (AvgIpc) is 2.38. The lowest BCUT2D eigenvalue weighted by Gasteiger charge is -2.04. The predicted molar refractivity (Wildman–Crippen MR) is 67.0 cm³/mol. The Labute approximate surface area is 109 Å². The van der Waals surface area contributed by atoms with Crippen molar-refractivity contribution >= 4 is 12.1 Å². The topological polar surface area (TPSA) is 93.9 Å². The molecule has 2 aromatic rings. The van der Waals surface area contributed by atoms with E-state index >= 15 is 0 Å². The Morgan fingerprint density at radius 2 is 1.53 bits per heavy atom. The summed E-state index contributed by atoms with van der Waals surface area (Å²) in [6.45, 7) is 1.79. The third kappa shape index (κ3) is 2.57. The smallest absolute Gasteiger partial charge is 0.250 e. The molecule has 0 atom stereocenters. The van der Waals surface area contributed by atoms with Gasteiger partial charge in [-0.3, -0.25) is 11.5 Å². The van der Waals surface area contributed by atoms with E-state index in [1.165, 1.54) is 9.13 Å². The molecule has 0 aromatic carbocycles. The lowest BCUT2D eigenvalue weighted by Crippen LogP contribution is -2.49. The van der Waals surface area contributed by atoms with Gasteiger partial charge in [-0.05, 0) is 42.3 Å². The highest BCUT2D eigenvalue weighted by atomic mass is 16.2. The van der Waals surface area contributed by atoms with E-state index in [2.05, 4.69) is 0 Å². The largest absolute Gasteiger partial charge is 0.493 e. The first-order valence-electron chi connectivity index (χ1n) is 5.62. The number of aryl methyl sites for hydroxylation is 1. The van der Waals surface area contributed by atoms with E-state index in [9.17, 15) is 9.59 Å². The second-order valence-electron chi connectivity index (χ2n) is 4.10. The van der Waals surface area contributed by atoms with Gasteiger partial charge in [0.1, 0.15) is 11.9 Å². The van der Waals surface area contributed by atoms with Gasteiger partial charge in [-0.2, -0.15) is 18.7 Å². The normalized spacial score (nSPS) is 10.2. The van der Waals surface area contributed by atoms with Crippen LogP contribution in [0.15, 0.2) is 42.9 Å². The Hall–Kier alpha value is -2.76. The molecule has 0 aliphatic rings. The van der Waals surface area contributed by atoms with Gasteiger partial charge < -0.3 is 0 Å². The fraction of sp³-hybridized carbons (Fsp3) is 0.0769. The lowest BCUT2D eigenvalue weighted by atomic mass is 10.1. The van der Waals surface area contributed by atoms with Gasteiger partial charge in [-0.1, -0.05) is 0 Å². The van der Waals surface area contributed by atoms with Crippen molar-refractivity contribution in [2.24, 2.45) is 11.5 Å². The van der Waals surface area contributed by atoms with Crippen molar-refractivity contribution < 1.29 is 18.7 Å². The minimum atomic E-state index is -0.539. The molecule has 2 heterocycles. The summed E-state index contributed by atoms with van der Waals surface area (Å²) in [4.78, 5) is 22.1. The van der Waals surface area contributed by atoms with Crippen molar-refractivity contribution in [2.75, 3.05) is 0 Å². The first-order chi connectivity index (χ1) is 8.99. The molecule has 4 N–H and O–H groups in total. The number of carbonyl (C=O) groups is 2. The van der Waals surface area contributed by atoms with E-state index in [-0.39, 0.29) is 0 Å². The van der Waals surface area contributed by atoms with Crippen LogP contribution in [-0.4, -0.2) is 12.1 Å². The van der Waals surface area contributed by atoms with Crippen LogP contribution in [0.25, 0.3) is 11.1 Å². The summed E-state index contributed by atoms with van der Waals surface area (Å²) in [6.07, 6.45) is 4.78. The number of pyridine rings is 2. The highest BCUT2D eigenvalue weighted by Crippen LogP contribution is 2.16. The number of primary amides is 2. The Kier molecular flexibility index (Phi) is 3.24. The third-order valence-electron chi connectivity index (χ3n) is 2.80. The molecule has 2 amide bonds. The number of rotatable bonds is 1. The molecule has 0 radical (unpaired) electrons. The van der Waals surface area contributed by atoms with Gasteiger partial charge in [0.15, 0.2) is 0 Å². The molecule has 0 saturated carbocycles. The van der Waals surface area contributed by atoms with Gasteiger partial charge >= 0.3 is 12.1 Å². The highest BCUT2D eigenvalue weighted by molar-refractivity contribution is 5.66. The van der Waals surface area contributed by atoms with Crippen molar-refractivity contribution in [2.45, 2.75) is 6.92 Å². The van der Waals surface area contributed by atoms with E-state index in [0.717, 1.165) is 16.8 Å². The van der Waals surface area contributed by atoms with Gasteiger partial charge in [-0.15, -0.1) is 0 Å². The zero-order valence-corrected chi connectivity index (χ0v) is 10.4. The minimum absolute atomic E-state index is 0.524. The molecule has 96 valence electrons. The molecule has 0 fully saturated rings. The van der Waals surface area contributed by atoms with Crippen molar-refractivity contribution in [3.8, 4) is 11.1 Å². The fourth-order valence-corrected chi connectivity index (χ4v) is 1.81. The van der Waals surface area contributed by atoms with Crippen LogP contribution in [0.1, 0.15) is 5.69 Å². The summed E-state index contributed by atoms with van der Waals surface area (Å²) < 4.78 is 2.64. The summed E-state index contributed by atoms with van der Waals surface area (Å²) in [7, 11) is 0. The second-order valence-corrected chi connectivity index (χ2v) is 4.10. The Morgan fingerprint density at radius 3 is 2.00 bits per heavy atom. The van der Waals surface area contributed by atoms with E-state index in [0.29, 0.717) is 0 Å². The van der Waals surface area contributed by atoms with Crippen molar-refractivity contribution in [1.29, 1.82) is 0 Å². The van der Waals surface area contributed by atoms with Crippen LogP contribution in [0.5, 0.6) is 0 Å². The van der Waals surface area contributed by atoms with Crippen LogP contribution in [0.4, 0.5) is 9.59 Å². The molecule has 0 bridgehead atoms. The van der Waals surface area contributed by atoms with Gasteiger partial charge in [-0.25, -0.2) is 0 Å². The average molecular weight is 258 g/mol. The summed E-state index contributed by atoms with van der Waals surface area (Å²) >= 11 is 0. The maximum atomic E-state index is 11.1. The van der Waals surface area contributed by atoms with Gasteiger partial charge in [0.05, 0.1) is 12.4 Å². The fourth-order valence-electron chi connectivity index (χ4n) is 1.81. The monoisotopic (exact) mass is 258 g/mol. The summed E-state index contributed by atoms with van der Waals surface area (Å²) in [6, 6.07) is 6.10. The van der Waals surface area contributed by atoms with Crippen LogP contribution < -0.4 is 20.6 Å². The number of hydrogen-bond acceptors (Lipinski definition) is 2. The molecule has 6 heteroatoms. The summed E-state index contributed by atoms with van der Waals surface area (Å²) in [5.74, 6) is 0. The Balaban J connectivity index is 2.39. The first-order valence-corrected chi connectivity index (χ1v) is 5.62. The van der Waals surface area contributed by atoms with Gasteiger partial charge in [0, 0.05) is 0 Å². The van der Waals surface area contributed by atoms with Crippen LogP contribution in [0.2, 0.25) is 0 Å². The van der Waals surface area contributed by atoms with Gasteiger partial charge in [0.25, 0.3) is 0 Å². The highest BCUT2D eigenvalue weighted by Gasteiger charge is 2.11. The molecule has 0 spiro atoms. The quantitative estimate of drug-likeness (QED) is 0.709. The molecular formula is C13H14N4O2+2. The number of amides is 2. The second kappa shape index (κ2) is 4.85. The molecule has 0 aliphatic carbocycles. The lowest BCUT2D eigenvalue weighted by molar-refractivity contribution is -0.576. The number of aromatic nitrogens is 2. The van der Waals surface area contributed by atoms with E-state index in [4.69, 9.17) is 11.5 Å². The van der Waals surface area contributed by atoms with Crippen molar-refractivity contribution in [1.82, 2.24) is 0 Å². The van der Waals surface area contributed by atoms with E-state index in [1.807, 2.05) is 6.07 Å².